The molecule has 1 aromatic rings. The molecule has 1 fully saturated rings. The van der Waals surface area contributed by atoms with Crippen LogP contribution >= 0.6 is 0 Å². The lowest BCUT2D eigenvalue weighted by atomic mass is 10.0. The molecule has 1 aliphatic heterocycles. The number of nitrogens with one attached hydrogen (secondary N) is 2. The molecular weight excluding hydrogens is 368 g/mol. The number of imide groups is 1. The van der Waals surface area contributed by atoms with E-state index in [9.17, 15) is 18.0 Å². The second-order valence-electron chi connectivity index (χ2n) is 6.91. The zero-order valence-electron chi connectivity index (χ0n) is 16.2. The zero-order chi connectivity index (χ0) is 20.2. The van der Waals surface area contributed by atoms with Crippen LogP contribution in [0.25, 0.3) is 0 Å². The Morgan fingerprint density at radius 1 is 1.00 bits per heavy atom. The van der Waals surface area contributed by atoms with Gasteiger partial charge in [0, 0.05) is 33.2 Å². The monoisotopic (exact) mass is 396 g/mol. The fraction of sp³-hybridized carbons (Fsp3) is 0.556. The van der Waals surface area contributed by atoms with Crippen molar-refractivity contribution in [2.24, 2.45) is 0 Å². The standard InChI is InChI=1S/C18H28N4O4S/c1-13(2)15-5-7-16(8-6-15)27(25,26)22-11-9-21(10-12-22)14(3)17(23)20-18(24)19-4/h5-8,13-14H,9-12H2,1-4H3,(H2,19,20,23,24)/t14-/m1/s1. The van der Waals surface area contributed by atoms with E-state index in [2.05, 4.69) is 24.5 Å². The van der Waals surface area contributed by atoms with Crippen LogP contribution in [0.15, 0.2) is 29.2 Å². The van der Waals surface area contributed by atoms with Gasteiger partial charge in [-0.1, -0.05) is 26.0 Å². The number of carbonyl (C=O) groups excluding carboxylic acids is 2. The minimum absolute atomic E-state index is 0.283. The van der Waals surface area contributed by atoms with Crippen LogP contribution in [0.1, 0.15) is 32.3 Å². The molecule has 1 aromatic carbocycles. The fourth-order valence-electron chi connectivity index (χ4n) is 2.95. The molecule has 1 atom stereocenters. The first kappa shape index (κ1) is 21.3. The molecule has 2 rings (SSSR count). The number of urea groups is 1. The molecule has 0 bridgehead atoms. The average molecular weight is 397 g/mol. The number of hydrogen-bond acceptors (Lipinski definition) is 5. The van der Waals surface area contributed by atoms with Crippen LogP contribution in [0.2, 0.25) is 0 Å². The van der Waals surface area contributed by atoms with E-state index in [-0.39, 0.29) is 4.90 Å². The molecule has 2 N–H and O–H groups in total. The third-order valence-electron chi connectivity index (χ3n) is 4.85. The lowest BCUT2D eigenvalue weighted by Gasteiger charge is -2.36. The highest BCUT2D eigenvalue weighted by molar-refractivity contribution is 7.89. The topological polar surface area (TPSA) is 98.8 Å². The summed E-state index contributed by atoms with van der Waals surface area (Å²) in [5.74, 6) is -0.0670. The lowest BCUT2D eigenvalue weighted by molar-refractivity contribution is -0.125. The molecule has 3 amide bonds. The van der Waals surface area contributed by atoms with E-state index >= 15 is 0 Å². The zero-order valence-corrected chi connectivity index (χ0v) is 17.0. The van der Waals surface area contributed by atoms with Crippen LogP contribution in [0.5, 0.6) is 0 Å². The van der Waals surface area contributed by atoms with Gasteiger partial charge in [-0.25, -0.2) is 13.2 Å². The fourth-order valence-corrected chi connectivity index (χ4v) is 4.37. The largest absolute Gasteiger partial charge is 0.341 e. The van der Waals surface area contributed by atoms with Crippen LogP contribution in [0.4, 0.5) is 4.79 Å². The minimum atomic E-state index is -3.55. The normalized spacial score (nSPS) is 17.5. The summed E-state index contributed by atoms with van der Waals surface area (Å²) < 4.78 is 27.1. The first-order chi connectivity index (χ1) is 12.7. The van der Waals surface area contributed by atoms with Gasteiger partial charge in [0.2, 0.25) is 15.9 Å². The molecule has 1 heterocycles. The molecule has 150 valence electrons. The van der Waals surface area contributed by atoms with Crippen molar-refractivity contribution in [2.75, 3.05) is 33.2 Å². The number of carbonyl (C=O) groups is 2. The highest BCUT2D eigenvalue weighted by Crippen LogP contribution is 2.21. The predicted molar refractivity (Wildman–Crippen MR) is 103 cm³/mol. The van der Waals surface area contributed by atoms with E-state index in [0.717, 1.165) is 5.56 Å². The Balaban J connectivity index is 1.99. The Morgan fingerprint density at radius 2 is 1.56 bits per heavy atom. The Bertz CT molecular complexity index is 769. The Kier molecular flexibility index (Phi) is 6.96. The van der Waals surface area contributed by atoms with E-state index in [1.165, 1.54) is 11.4 Å². The van der Waals surface area contributed by atoms with Crippen LogP contribution in [-0.2, 0) is 14.8 Å². The maximum Gasteiger partial charge on any atom is 0.321 e. The quantitative estimate of drug-likeness (QED) is 0.772. The molecule has 0 aliphatic carbocycles. The summed E-state index contributed by atoms with van der Waals surface area (Å²) in [6.07, 6.45) is 0. The highest BCUT2D eigenvalue weighted by atomic mass is 32.2. The molecule has 0 unspecified atom stereocenters. The first-order valence-corrected chi connectivity index (χ1v) is 10.5. The summed E-state index contributed by atoms with van der Waals surface area (Å²) >= 11 is 0. The van der Waals surface area contributed by atoms with Crippen molar-refractivity contribution in [1.82, 2.24) is 19.8 Å². The van der Waals surface area contributed by atoms with Gasteiger partial charge in [0.1, 0.15) is 0 Å². The smallest absolute Gasteiger partial charge is 0.321 e. The molecule has 1 saturated heterocycles. The van der Waals surface area contributed by atoms with E-state index in [4.69, 9.17) is 0 Å². The van der Waals surface area contributed by atoms with Gasteiger partial charge in [0.05, 0.1) is 10.9 Å². The van der Waals surface area contributed by atoms with E-state index < -0.39 is 28.0 Å². The number of sulfonamides is 1. The molecule has 0 radical (unpaired) electrons. The summed E-state index contributed by atoms with van der Waals surface area (Å²) in [5, 5.41) is 4.58. The maximum atomic E-state index is 12.8. The van der Waals surface area contributed by atoms with Crippen molar-refractivity contribution in [3.05, 3.63) is 29.8 Å². The van der Waals surface area contributed by atoms with E-state index in [1.54, 1.807) is 19.1 Å². The molecule has 9 heteroatoms. The number of rotatable bonds is 5. The van der Waals surface area contributed by atoms with E-state index in [1.807, 2.05) is 17.0 Å². The van der Waals surface area contributed by atoms with Crippen molar-refractivity contribution in [3.8, 4) is 0 Å². The van der Waals surface area contributed by atoms with Crippen LogP contribution in [0, 0.1) is 0 Å². The summed E-state index contributed by atoms with van der Waals surface area (Å²) in [7, 11) is -2.12. The van der Waals surface area contributed by atoms with Gasteiger partial charge in [0.25, 0.3) is 0 Å². The SMILES string of the molecule is CNC(=O)NC(=O)[C@@H](C)N1CCN(S(=O)(=O)c2ccc(C(C)C)cc2)CC1. The third-order valence-corrected chi connectivity index (χ3v) is 6.76. The average Bonchev–Trinajstić information content (AvgIpc) is 2.67. The number of benzene rings is 1. The third kappa shape index (κ3) is 5.06. The van der Waals surface area contributed by atoms with Crippen molar-refractivity contribution < 1.29 is 18.0 Å². The molecule has 8 nitrogen and oxygen atoms in total. The molecule has 0 saturated carbocycles. The van der Waals surface area contributed by atoms with Gasteiger partial charge in [-0.2, -0.15) is 4.31 Å². The van der Waals surface area contributed by atoms with Crippen molar-refractivity contribution in [2.45, 2.75) is 37.6 Å². The summed E-state index contributed by atoms with van der Waals surface area (Å²) in [5.41, 5.74) is 1.09. The van der Waals surface area contributed by atoms with Gasteiger partial charge in [-0.15, -0.1) is 0 Å². The second kappa shape index (κ2) is 8.81. The Morgan fingerprint density at radius 3 is 2.04 bits per heavy atom. The van der Waals surface area contributed by atoms with Crippen molar-refractivity contribution in [1.29, 1.82) is 0 Å². The number of piperazine rings is 1. The van der Waals surface area contributed by atoms with Gasteiger partial charge >= 0.3 is 6.03 Å². The highest BCUT2D eigenvalue weighted by Gasteiger charge is 2.32. The van der Waals surface area contributed by atoms with E-state index in [0.29, 0.717) is 32.1 Å². The minimum Gasteiger partial charge on any atom is -0.341 e. The number of nitrogens with zero attached hydrogens (tertiary/aromatic N) is 2. The Hall–Kier alpha value is -1.97. The van der Waals surface area contributed by atoms with Crippen LogP contribution in [-0.4, -0.2) is 68.8 Å². The van der Waals surface area contributed by atoms with Gasteiger partial charge in [-0.05, 0) is 30.5 Å². The summed E-state index contributed by atoms with van der Waals surface area (Å²) in [6, 6.07) is 5.92. The van der Waals surface area contributed by atoms with Crippen molar-refractivity contribution >= 4 is 22.0 Å². The van der Waals surface area contributed by atoms with Gasteiger partial charge in [-0.3, -0.25) is 15.0 Å². The van der Waals surface area contributed by atoms with Gasteiger partial charge < -0.3 is 5.32 Å². The van der Waals surface area contributed by atoms with Crippen LogP contribution in [0.3, 0.4) is 0 Å². The maximum absolute atomic E-state index is 12.8. The second-order valence-corrected chi connectivity index (χ2v) is 8.85. The lowest BCUT2D eigenvalue weighted by Crippen LogP contribution is -2.56. The molecular formula is C18H28N4O4S. The van der Waals surface area contributed by atoms with Crippen molar-refractivity contribution in [3.63, 3.8) is 0 Å². The molecule has 1 aliphatic rings. The summed E-state index contributed by atoms with van der Waals surface area (Å²) in [6.45, 7) is 7.26. The Labute approximate surface area is 161 Å². The molecule has 0 spiro atoms. The van der Waals surface area contributed by atoms with Gasteiger partial charge in [0.15, 0.2) is 0 Å². The van der Waals surface area contributed by atoms with Crippen LogP contribution < -0.4 is 10.6 Å². The molecule has 27 heavy (non-hydrogen) atoms. The molecule has 0 aromatic heterocycles. The number of amides is 3. The first-order valence-electron chi connectivity index (χ1n) is 9.03. The number of hydrogen-bond donors (Lipinski definition) is 2. The predicted octanol–water partition coefficient (Wildman–Crippen LogP) is 0.960. The summed E-state index contributed by atoms with van der Waals surface area (Å²) in [4.78, 5) is 25.5.